The molecule has 3 aromatic rings. The van der Waals surface area contributed by atoms with Gasteiger partial charge in [0, 0.05) is 50.4 Å². The van der Waals surface area contributed by atoms with E-state index in [1.54, 1.807) is 18.0 Å². The zero-order valence-electron chi connectivity index (χ0n) is 24.7. The first-order chi connectivity index (χ1) is 22.0. The SMILES string of the molecule is Cn1c(-c2ccc(OC(F)F)c(F)c2)cnc1C(=O)Nc1ccc(C(=O)N2CCN(C(=O)C3CCNCC3)CC2)c(Cl)c1.O=CO. The van der Waals surface area contributed by atoms with E-state index in [2.05, 4.69) is 20.4 Å². The Kier molecular flexibility index (Phi) is 11.6. The number of imidazole rings is 1. The number of nitrogens with one attached hydrogen (secondary N) is 2. The number of carbonyl (C=O) groups excluding carboxylic acids is 3. The molecule has 0 saturated carbocycles. The fourth-order valence-corrected chi connectivity index (χ4v) is 5.58. The van der Waals surface area contributed by atoms with E-state index in [0.717, 1.165) is 38.1 Å². The highest BCUT2D eigenvalue weighted by molar-refractivity contribution is 6.34. The van der Waals surface area contributed by atoms with Crippen molar-refractivity contribution in [2.45, 2.75) is 19.5 Å². The van der Waals surface area contributed by atoms with Crippen LogP contribution in [-0.2, 0) is 16.6 Å². The third-order valence-electron chi connectivity index (χ3n) is 7.66. The molecule has 46 heavy (non-hydrogen) atoms. The largest absolute Gasteiger partial charge is 0.483 e. The fourth-order valence-electron chi connectivity index (χ4n) is 5.32. The van der Waals surface area contributed by atoms with Gasteiger partial charge in [-0.15, -0.1) is 0 Å². The molecule has 2 aromatic carbocycles. The molecule has 0 radical (unpaired) electrons. The van der Waals surface area contributed by atoms with Crippen LogP contribution in [0, 0.1) is 11.7 Å². The number of benzene rings is 2. The van der Waals surface area contributed by atoms with Crippen LogP contribution in [-0.4, -0.2) is 94.5 Å². The number of anilines is 1. The molecule has 3 N–H and O–H groups in total. The lowest BCUT2D eigenvalue weighted by Gasteiger charge is -2.37. The van der Waals surface area contributed by atoms with Crippen molar-refractivity contribution in [1.82, 2.24) is 24.7 Å². The summed E-state index contributed by atoms with van der Waals surface area (Å²) in [6, 6.07) is 8.00. The monoisotopic (exact) mass is 664 g/mol. The van der Waals surface area contributed by atoms with Crippen LogP contribution in [0.3, 0.4) is 0 Å². The number of hydrogen-bond acceptors (Lipinski definition) is 7. The first-order valence-corrected chi connectivity index (χ1v) is 14.7. The summed E-state index contributed by atoms with van der Waals surface area (Å²) in [7, 11) is 1.55. The zero-order chi connectivity index (χ0) is 33.4. The van der Waals surface area contributed by atoms with E-state index in [1.165, 1.54) is 29.0 Å². The molecule has 0 spiro atoms. The van der Waals surface area contributed by atoms with Gasteiger partial charge in [-0.3, -0.25) is 19.2 Å². The topological polar surface area (TPSA) is 146 Å². The maximum atomic E-state index is 14.2. The molecular formula is C30H32ClF3N6O6. The fraction of sp³-hybridized carbons (Fsp3) is 0.367. The molecule has 3 heterocycles. The average molecular weight is 665 g/mol. The molecular weight excluding hydrogens is 633 g/mol. The number of rotatable bonds is 7. The molecule has 0 bridgehead atoms. The maximum absolute atomic E-state index is 14.2. The van der Waals surface area contributed by atoms with E-state index in [1.807, 2.05) is 4.90 Å². The summed E-state index contributed by atoms with van der Waals surface area (Å²) in [5.74, 6) is -2.25. The van der Waals surface area contributed by atoms with Crippen molar-refractivity contribution < 1.29 is 42.2 Å². The third-order valence-corrected chi connectivity index (χ3v) is 7.97. The summed E-state index contributed by atoms with van der Waals surface area (Å²) >= 11 is 6.45. The van der Waals surface area contributed by atoms with Crippen molar-refractivity contribution >= 4 is 41.5 Å². The summed E-state index contributed by atoms with van der Waals surface area (Å²) in [4.78, 5) is 55.0. The van der Waals surface area contributed by atoms with Gasteiger partial charge < -0.3 is 34.8 Å². The summed E-state index contributed by atoms with van der Waals surface area (Å²) < 4.78 is 44.6. The summed E-state index contributed by atoms with van der Waals surface area (Å²) in [5, 5.41) is 13.0. The summed E-state index contributed by atoms with van der Waals surface area (Å²) in [6.45, 7) is -0.00446. The van der Waals surface area contributed by atoms with Crippen LogP contribution in [0.5, 0.6) is 5.75 Å². The summed E-state index contributed by atoms with van der Waals surface area (Å²) in [5.41, 5.74) is 1.27. The maximum Gasteiger partial charge on any atom is 0.387 e. The van der Waals surface area contributed by atoms with Gasteiger partial charge in [0.2, 0.25) is 5.91 Å². The van der Waals surface area contributed by atoms with Crippen molar-refractivity contribution in [3.8, 4) is 17.0 Å². The van der Waals surface area contributed by atoms with Crippen molar-refractivity contribution in [1.29, 1.82) is 0 Å². The first kappa shape index (κ1) is 34.2. The van der Waals surface area contributed by atoms with Crippen molar-refractivity contribution in [2.75, 3.05) is 44.6 Å². The number of hydrogen-bond donors (Lipinski definition) is 3. The van der Waals surface area contributed by atoms with Gasteiger partial charge in [0.25, 0.3) is 18.3 Å². The lowest BCUT2D eigenvalue weighted by molar-refractivity contribution is -0.137. The van der Waals surface area contributed by atoms with Crippen LogP contribution in [0.15, 0.2) is 42.6 Å². The van der Waals surface area contributed by atoms with Gasteiger partial charge in [-0.1, -0.05) is 11.6 Å². The molecule has 0 aliphatic carbocycles. The van der Waals surface area contributed by atoms with Crippen LogP contribution < -0.4 is 15.4 Å². The second-order valence-corrected chi connectivity index (χ2v) is 10.9. The van der Waals surface area contributed by atoms with E-state index in [9.17, 15) is 27.6 Å². The number of halogens is 4. The van der Waals surface area contributed by atoms with E-state index in [-0.39, 0.29) is 40.6 Å². The second kappa shape index (κ2) is 15.6. The molecule has 12 nitrogen and oxygen atoms in total. The van der Waals surface area contributed by atoms with Crippen molar-refractivity contribution in [3.63, 3.8) is 0 Å². The highest BCUT2D eigenvalue weighted by atomic mass is 35.5. The van der Waals surface area contributed by atoms with Gasteiger partial charge in [0.1, 0.15) is 0 Å². The molecule has 2 aliphatic heterocycles. The van der Waals surface area contributed by atoms with E-state index in [0.29, 0.717) is 43.1 Å². The molecule has 0 unspecified atom stereocenters. The zero-order valence-corrected chi connectivity index (χ0v) is 25.5. The Labute approximate surface area is 267 Å². The molecule has 5 rings (SSSR count). The highest BCUT2D eigenvalue weighted by Crippen LogP contribution is 2.28. The quantitative estimate of drug-likeness (QED) is 0.324. The number of nitrogens with zero attached hydrogens (tertiary/aromatic N) is 4. The van der Waals surface area contributed by atoms with Gasteiger partial charge in [-0.2, -0.15) is 8.78 Å². The minimum atomic E-state index is -3.16. The Morgan fingerprint density at radius 1 is 1.09 bits per heavy atom. The predicted molar refractivity (Wildman–Crippen MR) is 161 cm³/mol. The standard InChI is InChI=1S/C29H30ClF3N6O4.CH2O2/c1-37-23(18-2-5-24(22(31)14-18)43-29(32)33)16-35-25(37)26(40)36-19-3-4-20(21(30)15-19)28(42)39-12-10-38(11-13-39)27(41)17-6-8-34-9-7-17;2-1-3/h2-5,14-17,29,34H,6-13H2,1H3,(H,36,40);1H,(H,2,3). The lowest BCUT2D eigenvalue weighted by atomic mass is 9.96. The van der Waals surface area contributed by atoms with Gasteiger partial charge in [0.05, 0.1) is 22.5 Å². The van der Waals surface area contributed by atoms with Crippen molar-refractivity contribution in [2.24, 2.45) is 13.0 Å². The molecule has 0 atom stereocenters. The van der Waals surface area contributed by atoms with Gasteiger partial charge in [-0.25, -0.2) is 9.37 Å². The first-order valence-electron chi connectivity index (χ1n) is 14.3. The van der Waals surface area contributed by atoms with Crippen LogP contribution in [0.25, 0.3) is 11.3 Å². The normalized spacial score (nSPS) is 15.2. The van der Waals surface area contributed by atoms with E-state index >= 15 is 0 Å². The van der Waals surface area contributed by atoms with Crippen molar-refractivity contribution in [3.05, 3.63) is 64.8 Å². The minimum absolute atomic E-state index is 0.00324. The Bertz CT molecular complexity index is 1570. The third kappa shape index (κ3) is 8.14. The molecule has 246 valence electrons. The number of piperidine rings is 1. The van der Waals surface area contributed by atoms with Crippen LogP contribution >= 0.6 is 11.6 Å². The molecule has 3 amide bonds. The lowest BCUT2D eigenvalue weighted by Crippen LogP contribution is -2.52. The minimum Gasteiger partial charge on any atom is -0.483 e. The summed E-state index contributed by atoms with van der Waals surface area (Å²) in [6.07, 6.45) is 3.01. The molecule has 2 fully saturated rings. The predicted octanol–water partition coefficient (Wildman–Crippen LogP) is 3.72. The number of aromatic nitrogens is 2. The van der Waals surface area contributed by atoms with Crippen LogP contribution in [0.1, 0.15) is 33.8 Å². The van der Waals surface area contributed by atoms with Gasteiger partial charge in [0.15, 0.2) is 17.4 Å². The molecule has 2 aliphatic rings. The number of alkyl halides is 2. The average Bonchev–Trinajstić information content (AvgIpc) is 3.43. The Morgan fingerprint density at radius 2 is 1.74 bits per heavy atom. The Hall–Kier alpha value is -4.63. The highest BCUT2D eigenvalue weighted by Gasteiger charge is 2.30. The number of carboxylic acid groups (broad SMARTS) is 1. The molecule has 1 aromatic heterocycles. The Morgan fingerprint density at radius 3 is 2.35 bits per heavy atom. The number of carbonyl (C=O) groups is 4. The van der Waals surface area contributed by atoms with Gasteiger partial charge in [-0.05, 0) is 62.3 Å². The van der Waals surface area contributed by atoms with Crippen LogP contribution in [0.4, 0.5) is 18.9 Å². The van der Waals surface area contributed by atoms with E-state index in [4.69, 9.17) is 21.5 Å². The van der Waals surface area contributed by atoms with Crippen LogP contribution in [0.2, 0.25) is 5.02 Å². The number of amides is 3. The van der Waals surface area contributed by atoms with Gasteiger partial charge >= 0.3 is 6.61 Å². The van der Waals surface area contributed by atoms with E-state index < -0.39 is 24.1 Å². The molecule has 16 heteroatoms. The number of piperazine rings is 1. The number of ether oxygens (including phenoxy) is 1. The smallest absolute Gasteiger partial charge is 0.387 e. The molecule has 2 saturated heterocycles. The second-order valence-electron chi connectivity index (χ2n) is 10.4. The Balaban J connectivity index is 0.00000154.